The first-order valence-electron chi connectivity index (χ1n) is 8.94. The van der Waals surface area contributed by atoms with Gasteiger partial charge >= 0.3 is 6.03 Å². The van der Waals surface area contributed by atoms with Crippen LogP contribution in [0.1, 0.15) is 50.1 Å². The largest absolute Gasteiger partial charge is 0.334 e. The molecule has 0 bridgehead atoms. The molecule has 1 spiro atoms. The third kappa shape index (κ3) is 2.67. The number of nitrogens with one attached hydrogen (secondary N) is 1. The van der Waals surface area contributed by atoms with Gasteiger partial charge in [-0.15, -0.1) is 0 Å². The van der Waals surface area contributed by atoms with E-state index in [2.05, 4.69) is 10.3 Å². The summed E-state index contributed by atoms with van der Waals surface area (Å²) < 4.78 is 0. The van der Waals surface area contributed by atoms with Crippen molar-refractivity contribution in [3.8, 4) is 0 Å². The molecule has 0 aromatic carbocycles. The van der Waals surface area contributed by atoms with E-state index in [-0.39, 0.29) is 24.4 Å². The third-order valence-electron chi connectivity index (χ3n) is 5.66. The molecule has 3 fully saturated rings. The highest BCUT2D eigenvalue weighted by atomic mass is 16.2. The van der Waals surface area contributed by atoms with Gasteiger partial charge in [-0.3, -0.25) is 19.5 Å². The lowest BCUT2D eigenvalue weighted by Gasteiger charge is -2.27. The Hall–Kier alpha value is -2.44. The number of carbonyl (C=O) groups is 3. The standard InChI is InChI=1S/C18H22N4O3/c23-15(21-11-3-4-14(21)13-5-9-19-10-6-13)12-22-16(24)18(20-17(22)25)7-1-2-8-18/h5-6,9-10,14H,1-4,7-8,11-12H2,(H,20,25). The summed E-state index contributed by atoms with van der Waals surface area (Å²) in [5.74, 6) is -0.402. The number of nitrogens with zero attached hydrogens (tertiary/aromatic N) is 3. The first kappa shape index (κ1) is 16.1. The van der Waals surface area contributed by atoms with Gasteiger partial charge in [-0.2, -0.15) is 0 Å². The second-order valence-electron chi connectivity index (χ2n) is 7.14. The van der Waals surface area contributed by atoms with Crippen molar-refractivity contribution in [2.24, 2.45) is 0 Å². The summed E-state index contributed by atoms with van der Waals surface area (Å²) >= 11 is 0. The number of imide groups is 1. The molecule has 1 saturated carbocycles. The number of hydrogen-bond acceptors (Lipinski definition) is 4. The van der Waals surface area contributed by atoms with Crippen LogP contribution in [0, 0.1) is 0 Å². The summed E-state index contributed by atoms with van der Waals surface area (Å²) in [7, 11) is 0. The second-order valence-corrected chi connectivity index (χ2v) is 7.14. The molecule has 132 valence electrons. The Morgan fingerprint density at radius 3 is 2.64 bits per heavy atom. The molecule has 2 saturated heterocycles. The highest BCUT2D eigenvalue weighted by Gasteiger charge is 2.53. The van der Waals surface area contributed by atoms with Crippen LogP contribution < -0.4 is 5.32 Å². The van der Waals surface area contributed by atoms with Crippen LogP contribution in [0.3, 0.4) is 0 Å². The van der Waals surface area contributed by atoms with Crippen molar-refractivity contribution in [3.63, 3.8) is 0 Å². The molecule has 1 aromatic heterocycles. The number of hydrogen-bond donors (Lipinski definition) is 1. The molecule has 25 heavy (non-hydrogen) atoms. The molecule has 1 N–H and O–H groups in total. The SMILES string of the molecule is O=C1NC2(CCCC2)C(=O)N1CC(=O)N1CCCC1c1ccncc1. The molecule has 7 heteroatoms. The van der Waals surface area contributed by atoms with Gasteiger partial charge in [0.1, 0.15) is 12.1 Å². The van der Waals surface area contributed by atoms with E-state index in [9.17, 15) is 14.4 Å². The molecule has 3 aliphatic rings. The smallest absolute Gasteiger partial charge is 0.325 e. The van der Waals surface area contributed by atoms with Gasteiger partial charge in [0.25, 0.3) is 5.91 Å². The predicted molar refractivity (Wildman–Crippen MR) is 89.4 cm³/mol. The van der Waals surface area contributed by atoms with E-state index in [1.807, 2.05) is 12.1 Å². The van der Waals surface area contributed by atoms with Crippen molar-refractivity contribution in [2.75, 3.05) is 13.1 Å². The Morgan fingerprint density at radius 1 is 1.20 bits per heavy atom. The van der Waals surface area contributed by atoms with Gasteiger partial charge in [0, 0.05) is 18.9 Å². The number of urea groups is 1. The highest BCUT2D eigenvalue weighted by Crippen LogP contribution is 2.36. The maximum absolute atomic E-state index is 12.8. The molecule has 7 nitrogen and oxygen atoms in total. The van der Waals surface area contributed by atoms with Crippen LogP contribution in [-0.2, 0) is 9.59 Å². The van der Waals surface area contributed by atoms with Crippen LogP contribution >= 0.6 is 0 Å². The van der Waals surface area contributed by atoms with Crippen molar-refractivity contribution >= 4 is 17.8 Å². The second kappa shape index (κ2) is 6.13. The van der Waals surface area contributed by atoms with Crippen LogP contribution in [0.5, 0.6) is 0 Å². The van der Waals surface area contributed by atoms with E-state index < -0.39 is 11.6 Å². The topological polar surface area (TPSA) is 82.6 Å². The van der Waals surface area contributed by atoms with E-state index in [1.165, 1.54) is 0 Å². The van der Waals surface area contributed by atoms with Gasteiger partial charge in [-0.05, 0) is 43.4 Å². The van der Waals surface area contributed by atoms with E-state index in [0.29, 0.717) is 19.4 Å². The normalized spacial score (nSPS) is 25.0. The molecule has 1 aliphatic carbocycles. The van der Waals surface area contributed by atoms with Gasteiger partial charge in [0.05, 0.1) is 6.04 Å². The Balaban J connectivity index is 1.48. The van der Waals surface area contributed by atoms with Gasteiger partial charge in [-0.1, -0.05) is 12.8 Å². The fourth-order valence-electron chi connectivity index (χ4n) is 4.36. The maximum Gasteiger partial charge on any atom is 0.325 e. The van der Waals surface area contributed by atoms with Gasteiger partial charge in [0.2, 0.25) is 5.91 Å². The van der Waals surface area contributed by atoms with E-state index in [4.69, 9.17) is 0 Å². The quantitative estimate of drug-likeness (QED) is 0.846. The van der Waals surface area contributed by atoms with Crippen LogP contribution in [0.25, 0.3) is 0 Å². The Labute approximate surface area is 146 Å². The first-order valence-corrected chi connectivity index (χ1v) is 8.94. The number of likely N-dealkylation sites (tertiary alicyclic amines) is 1. The fraction of sp³-hybridized carbons (Fsp3) is 0.556. The molecule has 1 aromatic rings. The molecule has 1 atom stereocenters. The lowest BCUT2D eigenvalue weighted by molar-refractivity contribution is -0.139. The zero-order chi connectivity index (χ0) is 17.4. The summed E-state index contributed by atoms with van der Waals surface area (Å²) in [4.78, 5) is 44.7. The van der Waals surface area contributed by atoms with E-state index >= 15 is 0 Å². The maximum atomic E-state index is 12.8. The summed E-state index contributed by atoms with van der Waals surface area (Å²) in [5.41, 5.74) is 0.290. The van der Waals surface area contributed by atoms with Crippen molar-refractivity contribution in [1.29, 1.82) is 0 Å². The van der Waals surface area contributed by atoms with Crippen molar-refractivity contribution in [2.45, 2.75) is 50.1 Å². The van der Waals surface area contributed by atoms with Crippen LogP contribution in [0.4, 0.5) is 4.79 Å². The molecule has 4 amide bonds. The Morgan fingerprint density at radius 2 is 1.92 bits per heavy atom. The number of pyridine rings is 1. The number of carbonyl (C=O) groups excluding carboxylic acids is 3. The zero-order valence-corrected chi connectivity index (χ0v) is 14.1. The lowest BCUT2D eigenvalue weighted by Crippen LogP contribution is -2.46. The Kier molecular flexibility index (Phi) is 3.94. The predicted octanol–water partition coefficient (Wildman–Crippen LogP) is 1.61. The van der Waals surface area contributed by atoms with Crippen molar-refractivity contribution < 1.29 is 14.4 Å². The average Bonchev–Trinajstić information content (AvgIpc) is 3.33. The fourth-order valence-corrected chi connectivity index (χ4v) is 4.36. The van der Waals surface area contributed by atoms with Crippen LogP contribution in [-0.4, -0.2) is 51.3 Å². The lowest BCUT2D eigenvalue weighted by atomic mass is 9.98. The number of amides is 4. The molecular formula is C18H22N4O3. The van der Waals surface area contributed by atoms with Crippen molar-refractivity contribution in [1.82, 2.24) is 20.1 Å². The minimum Gasteiger partial charge on any atom is -0.334 e. The molecular weight excluding hydrogens is 320 g/mol. The van der Waals surface area contributed by atoms with Gasteiger partial charge in [-0.25, -0.2) is 4.79 Å². The molecule has 2 aliphatic heterocycles. The van der Waals surface area contributed by atoms with Gasteiger partial charge < -0.3 is 10.2 Å². The summed E-state index contributed by atoms with van der Waals surface area (Å²) in [5, 5.41) is 2.83. The first-order chi connectivity index (χ1) is 12.1. The number of aromatic nitrogens is 1. The van der Waals surface area contributed by atoms with Crippen LogP contribution in [0.2, 0.25) is 0 Å². The summed E-state index contributed by atoms with van der Waals surface area (Å²) in [6.07, 6.45) is 8.46. The highest BCUT2D eigenvalue weighted by molar-refractivity contribution is 6.09. The minimum atomic E-state index is -0.757. The monoisotopic (exact) mass is 342 g/mol. The molecule has 0 radical (unpaired) electrons. The van der Waals surface area contributed by atoms with Crippen molar-refractivity contribution in [3.05, 3.63) is 30.1 Å². The van der Waals surface area contributed by atoms with Gasteiger partial charge in [0.15, 0.2) is 0 Å². The number of rotatable bonds is 3. The summed E-state index contributed by atoms with van der Waals surface area (Å²) in [6, 6.07) is 3.39. The van der Waals surface area contributed by atoms with E-state index in [0.717, 1.165) is 36.1 Å². The summed E-state index contributed by atoms with van der Waals surface area (Å²) in [6.45, 7) is 0.481. The molecule has 1 unspecified atom stereocenters. The molecule has 3 heterocycles. The third-order valence-corrected chi connectivity index (χ3v) is 5.66. The Bertz CT molecular complexity index is 700. The minimum absolute atomic E-state index is 0.00305. The molecule has 4 rings (SSSR count). The van der Waals surface area contributed by atoms with Crippen LogP contribution in [0.15, 0.2) is 24.5 Å². The van der Waals surface area contributed by atoms with E-state index in [1.54, 1.807) is 17.3 Å². The average molecular weight is 342 g/mol. The zero-order valence-electron chi connectivity index (χ0n) is 14.1.